The zero-order valence-electron chi connectivity index (χ0n) is 8.06. The molecule has 0 radical (unpaired) electrons. The Kier molecular flexibility index (Phi) is 2.94. The van der Waals surface area contributed by atoms with Gasteiger partial charge in [-0.05, 0) is 18.0 Å². The second-order valence-corrected chi connectivity index (χ2v) is 3.92. The van der Waals surface area contributed by atoms with E-state index in [1.165, 1.54) is 6.07 Å². The molecule has 78 valence electrons. The molecule has 2 rings (SSSR count). The molecule has 0 saturated carbocycles. The zero-order valence-corrected chi connectivity index (χ0v) is 8.88. The number of thiophene rings is 1. The maximum atomic E-state index is 11.3. The van der Waals surface area contributed by atoms with E-state index in [2.05, 4.69) is 9.97 Å². The third-order valence-corrected chi connectivity index (χ3v) is 2.67. The van der Waals surface area contributed by atoms with Crippen molar-refractivity contribution in [2.75, 3.05) is 6.54 Å². The second kappa shape index (κ2) is 4.37. The van der Waals surface area contributed by atoms with Gasteiger partial charge in [-0.15, -0.1) is 0 Å². The molecule has 0 amide bonds. The summed E-state index contributed by atoms with van der Waals surface area (Å²) in [7, 11) is 0. The molecule has 0 aliphatic carbocycles. The van der Waals surface area contributed by atoms with Gasteiger partial charge in [-0.25, -0.2) is 4.98 Å². The van der Waals surface area contributed by atoms with Gasteiger partial charge in [0, 0.05) is 29.1 Å². The van der Waals surface area contributed by atoms with Crippen molar-refractivity contribution in [1.82, 2.24) is 9.97 Å². The van der Waals surface area contributed by atoms with Crippen LogP contribution in [0, 0.1) is 0 Å². The Morgan fingerprint density at radius 3 is 3.07 bits per heavy atom. The first kappa shape index (κ1) is 10.1. The smallest absolute Gasteiger partial charge is 0.251 e. The SMILES string of the molecule is NCCc1cc(=O)[nH]c(-c2ccsc2)n1. The summed E-state index contributed by atoms with van der Waals surface area (Å²) in [6, 6.07) is 3.41. The molecule has 0 aliphatic heterocycles. The standard InChI is InChI=1S/C10H11N3OS/c11-3-1-8-5-9(14)13-10(12-8)7-2-4-15-6-7/h2,4-6H,1,3,11H2,(H,12,13,14). The molecule has 15 heavy (non-hydrogen) atoms. The minimum absolute atomic E-state index is 0.130. The van der Waals surface area contributed by atoms with E-state index >= 15 is 0 Å². The van der Waals surface area contributed by atoms with Gasteiger partial charge in [0.25, 0.3) is 5.56 Å². The lowest BCUT2D eigenvalue weighted by molar-refractivity contribution is 0.906. The number of H-pyrrole nitrogens is 1. The number of nitrogens with two attached hydrogens (primary N) is 1. The zero-order chi connectivity index (χ0) is 10.7. The number of nitrogens with one attached hydrogen (secondary N) is 1. The number of nitrogens with zero attached hydrogens (tertiary/aromatic N) is 1. The molecular formula is C10H11N3OS. The lowest BCUT2D eigenvalue weighted by atomic mass is 10.2. The minimum atomic E-state index is -0.130. The predicted molar refractivity (Wildman–Crippen MR) is 60.9 cm³/mol. The summed E-state index contributed by atoms with van der Waals surface area (Å²) in [4.78, 5) is 18.4. The van der Waals surface area contributed by atoms with Gasteiger partial charge in [-0.1, -0.05) is 0 Å². The van der Waals surface area contributed by atoms with Crippen molar-refractivity contribution in [3.8, 4) is 11.4 Å². The summed E-state index contributed by atoms with van der Waals surface area (Å²) in [5.41, 5.74) is 6.98. The Morgan fingerprint density at radius 2 is 2.40 bits per heavy atom. The number of rotatable bonds is 3. The fraction of sp³-hybridized carbons (Fsp3) is 0.200. The molecule has 0 atom stereocenters. The van der Waals surface area contributed by atoms with Gasteiger partial charge in [0.2, 0.25) is 0 Å². The van der Waals surface area contributed by atoms with Crippen LogP contribution in [-0.2, 0) is 6.42 Å². The molecule has 0 fully saturated rings. The quantitative estimate of drug-likeness (QED) is 0.812. The lowest BCUT2D eigenvalue weighted by Crippen LogP contribution is -2.13. The van der Waals surface area contributed by atoms with Gasteiger partial charge in [0.15, 0.2) is 0 Å². The van der Waals surface area contributed by atoms with E-state index < -0.39 is 0 Å². The van der Waals surface area contributed by atoms with Crippen LogP contribution in [-0.4, -0.2) is 16.5 Å². The topological polar surface area (TPSA) is 71.8 Å². The van der Waals surface area contributed by atoms with Crippen LogP contribution in [0.25, 0.3) is 11.4 Å². The summed E-state index contributed by atoms with van der Waals surface area (Å²) < 4.78 is 0. The number of hydrogen-bond acceptors (Lipinski definition) is 4. The fourth-order valence-electron chi connectivity index (χ4n) is 1.32. The first-order valence-electron chi connectivity index (χ1n) is 4.62. The van der Waals surface area contributed by atoms with Crippen LogP contribution in [0.2, 0.25) is 0 Å². The molecule has 0 spiro atoms. The Labute approximate surface area is 90.8 Å². The van der Waals surface area contributed by atoms with E-state index in [1.54, 1.807) is 11.3 Å². The summed E-state index contributed by atoms with van der Waals surface area (Å²) in [5.74, 6) is 0.618. The first-order valence-corrected chi connectivity index (χ1v) is 5.57. The summed E-state index contributed by atoms with van der Waals surface area (Å²) in [6.45, 7) is 0.500. The van der Waals surface area contributed by atoms with Crippen molar-refractivity contribution < 1.29 is 0 Å². The highest BCUT2D eigenvalue weighted by molar-refractivity contribution is 7.08. The van der Waals surface area contributed by atoms with Crippen molar-refractivity contribution in [2.24, 2.45) is 5.73 Å². The van der Waals surface area contributed by atoms with Crippen LogP contribution in [0.3, 0.4) is 0 Å². The Balaban J connectivity index is 2.44. The van der Waals surface area contributed by atoms with Crippen LogP contribution < -0.4 is 11.3 Å². The van der Waals surface area contributed by atoms with E-state index in [4.69, 9.17) is 5.73 Å². The Hall–Kier alpha value is -1.46. The number of aromatic nitrogens is 2. The second-order valence-electron chi connectivity index (χ2n) is 3.14. The van der Waals surface area contributed by atoms with E-state index in [9.17, 15) is 4.79 Å². The van der Waals surface area contributed by atoms with Crippen molar-refractivity contribution in [3.05, 3.63) is 38.9 Å². The summed E-state index contributed by atoms with van der Waals surface area (Å²) >= 11 is 1.57. The van der Waals surface area contributed by atoms with Gasteiger partial charge in [0.1, 0.15) is 5.82 Å². The highest BCUT2D eigenvalue weighted by Crippen LogP contribution is 2.16. The summed E-state index contributed by atoms with van der Waals surface area (Å²) in [5, 5.41) is 3.90. The van der Waals surface area contributed by atoms with Gasteiger partial charge in [-0.2, -0.15) is 11.3 Å². The van der Waals surface area contributed by atoms with Crippen molar-refractivity contribution >= 4 is 11.3 Å². The van der Waals surface area contributed by atoms with E-state index in [-0.39, 0.29) is 5.56 Å². The number of aromatic amines is 1. The monoisotopic (exact) mass is 221 g/mol. The molecule has 0 bridgehead atoms. The van der Waals surface area contributed by atoms with Crippen molar-refractivity contribution in [3.63, 3.8) is 0 Å². The van der Waals surface area contributed by atoms with E-state index in [0.29, 0.717) is 18.8 Å². The predicted octanol–water partition coefficient (Wildman–Crippen LogP) is 1.000. The van der Waals surface area contributed by atoms with Crippen LogP contribution in [0.1, 0.15) is 5.69 Å². The van der Waals surface area contributed by atoms with Gasteiger partial charge in [-0.3, -0.25) is 4.79 Å². The highest BCUT2D eigenvalue weighted by atomic mass is 32.1. The van der Waals surface area contributed by atoms with Crippen LogP contribution in [0.15, 0.2) is 27.7 Å². The molecule has 2 aromatic heterocycles. The highest BCUT2D eigenvalue weighted by Gasteiger charge is 2.03. The maximum Gasteiger partial charge on any atom is 0.251 e. The molecule has 0 aliphatic rings. The molecule has 4 nitrogen and oxygen atoms in total. The third-order valence-electron chi connectivity index (χ3n) is 1.99. The summed E-state index contributed by atoms with van der Waals surface area (Å²) in [6.07, 6.45) is 0.626. The van der Waals surface area contributed by atoms with Gasteiger partial charge < -0.3 is 10.7 Å². The number of hydrogen-bond donors (Lipinski definition) is 2. The molecule has 0 saturated heterocycles. The van der Waals surface area contributed by atoms with Crippen molar-refractivity contribution in [2.45, 2.75) is 6.42 Å². The molecular weight excluding hydrogens is 210 g/mol. The molecule has 2 heterocycles. The minimum Gasteiger partial charge on any atom is -0.330 e. The molecule has 0 unspecified atom stereocenters. The van der Waals surface area contributed by atoms with Crippen LogP contribution >= 0.6 is 11.3 Å². The molecule has 5 heteroatoms. The first-order chi connectivity index (χ1) is 7.29. The third kappa shape index (κ3) is 2.31. The maximum absolute atomic E-state index is 11.3. The van der Waals surface area contributed by atoms with Crippen LogP contribution in [0.5, 0.6) is 0 Å². The van der Waals surface area contributed by atoms with E-state index in [1.807, 2.05) is 16.8 Å². The largest absolute Gasteiger partial charge is 0.330 e. The van der Waals surface area contributed by atoms with Gasteiger partial charge >= 0.3 is 0 Å². The van der Waals surface area contributed by atoms with Crippen molar-refractivity contribution in [1.29, 1.82) is 0 Å². The molecule has 2 aromatic rings. The molecule has 3 N–H and O–H groups in total. The van der Waals surface area contributed by atoms with Crippen LogP contribution in [0.4, 0.5) is 0 Å². The normalized spacial score (nSPS) is 10.5. The van der Waals surface area contributed by atoms with E-state index in [0.717, 1.165) is 11.3 Å². The Bertz CT molecular complexity index is 490. The average Bonchev–Trinajstić information content (AvgIpc) is 2.70. The Morgan fingerprint density at radius 1 is 1.53 bits per heavy atom. The average molecular weight is 221 g/mol. The van der Waals surface area contributed by atoms with Gasteiger partial charge in [0.05, 0.1) is 0 Å². The molecule has 0 aromatic carbocycles. The lowest BCUT2D eigenvalue weighted by Gasteiger charge is -2.00. The fourth-order valence-corrected chi connectivity index (χ4v) is 1.96.